The van der Waals surface area contributed by atoms with Crippen LogP contribution in [0.3, 0.4) is 0 Å². The Bertz CT molecular complexity index is 628. The van der Waals surface area contributed by atoms with Gasteiger partial charge in [-0.2, -0.15) is 0 Å². The number of hydrazine groups is 1. The van der Waals surface area contributed by atoms with Crippen molar-refractivity contribution in [3.63, 3.8) is 0 Å². The Morgan fingerprint density at radius 1 is 1.31 bits per heavy atom. The maximum atomic E-state index is 12.6. The number of hydrogen-bond donors (Lipinski definition) is 4. The Kier molecular flexibility index (Phi) is 6.53. The molecule has 0 radical (unpaired) electrons. The third-order valence-electron chi connectivity index (χ3n) is 6.02. The minimum Gasteiger partial charge on any atom is -0.353 e. The van der Waals surface area contributed by atoms with Crippen LogP contribution in [-0.4, -0.2) is 55.1 Å². The molecule has 7 heteroatoms. The lowest BCUT2D eigenvalue weighted by Gasteiger charge is -2.34. The number of piperidine rings is 1. The predicted molar refractivity (Wildman–Crippen MR) is 105 cm³/mol. The van der Waals surface area contributed by atoms with Crippen LogP contribution in [-0.2, 0) is 17.8 Å². The van der Waals surface area contributed by atoms with Crippen LogP contribution >= 0.6 is 12.4 Å². The van der Waals surface area contributed by atoms with Crippen molar-refractivity contribution in [1.29, 1.82) is 0 Å². The molecule has 26 heavy (non-hydrogen) atoms. The van der Waals surface area contributed by atoms with Gasteiger partial charge in [0, 0.05) is 44.2 Å². The molecule has 0 saturated carbocycles. The normalized spacial score (nSPS) is 29.2. The Balaban J connectivity index is 0.00000196. The third kappa shape index (κ3) is 4.05. The highest BCUT2D eigenvalue weighted by atomic mass is 35.5. The average molecular weight is 380 g/mol. The quantitative estimate of drug-likeness (QED) is 0.610. The summed E-state index contributed by atoms with van der Waals surface area (Å²) in [5, 5.41) is 6.57. The molecular formula is C19H30ClN5O. The summed E-state index contributed by atoms with van der Waals surface area (Å²) in [5.74, 6) is 0.457. The molecule has 2 saturated heterocycles. The molecule has 0 bridgehead atoms. The second-order valence-corrected chi connectivity index (χ2v) is 7.61. The monoisotopic (exact) mass is 379 g/mol. The molecule has 4 N–H and O–H groups in total. The van der Waals surface area contributed by atoms with Crippen LogP contribution in [0.15, 0.2) is 24.3 Å². The molecule has 1 aromatic rings. The molecule has 144 valence electrons. The van der Waals surface area contributed by atoms with Crippen LogP contribution in [0, 0.1) is 5.92 Å². The number of carbonyl (C=O) groups is 1. The van der Waals surface area contributed by atoms with E-state index in [-0.39, 0.29) is 24.4 Å². The minimum atomic E-state index is -0.132. The number of benzene rings is 1. The fraction of sp³-hybridized carbons (Fsp3) is 0.632. The molecule has 4 unspecified atom stereocenters. The fourth-order valence-electron chi connectivity index (χ4n) is 4.36. The molecule has 0 spiro atoms. The standard InChI is InChI=1S/C19H29N5O.ClH/c1-13(24-9-7-14-4-2-3-5-15(14)12-24)10-21-19(25)18-16-11-20-8-6-17(16)22-23-18;/h2-5,13,16-18,20,22-23H,6-12H2,1H3,(H,21,25);1H. The van der Waals surface area contributed by atoms with E-state index in [9.17, 15) is 4.79 Å². The molecule has 3 heterocycles. The van der Waals surface area contributed by atoms with E-state index in [4.69, 9.17) is 0 Å². The van der Waals surface area contributed by atoms with Crippen LogP contribution in [0.4, 0.5) is 0 Å². The van der Waals surface area contributed by atoms with Crippen molar-refractivity contribution in [1.82, 2.24) is 26.4 Å². The van der Waals surface area contributed by atoms with E-state index in [1.807, 2.05) is 0 Å². The first-order chi connectivity index (χ1) is 12.2. The topological polar surface area (TPSA) is 68.4 Å². The number of halogens is 1. The number of rotatable bonds is 4. The highest BCUT2D eigenvalue weighted by Crippen LogP contribution is 2.21. The molecule has 1 aromatic carbocycles. The van der Waals surface area contributed by atoms with Gasteiger partial charge in [0.2, 0.25) is 5.91 Å². The van der Waals surface area contributed by atoms with Gasteiger partial charge in [-0.1, -0.05) is 24.3 Å². The zero-order chi connectivity index (χ0) is 17.2. The van der Waals surface area contributed by atoms with Crippen LogP contribution < -0.4 is 21.5 Å². The van der Waals surface area contributed by atoms with Crippen LogP contribution in [0.5, 0.6) is 0 Å². The van der Waals surface area contributed by atoms with Gasteiger partial charge in [0.25, 0.3) is 0 Å². The number of nitrogens with one attached hydrogen (secondary N) is 4. The van der Waals surface area contributed by atoms with Crippen LogP contribution in [0.2, 0.25) is 0 Å². The summed E-state index contributed by atoms with van der Waals surface area (Å²) < 4.78 is 0. The van der Waals surface area contributed by atoms with Gasteiger partial charge >= 0.3 is 0 Å². The lowest BCUT2D eigenvalue weighted by Crippen LogP contribution is -2.52. The van der Waals surface area contributed by atoms with Crippen molar-refractivity contribution in [3.8, 4) is 0 Å². The van der Waals surface area contributed by atoms with E-state index in [2.05, 4.69) is 57.6 Å². The Morgan fingerprint density at radius 2 is 2.12 bits per heavy atom. The number of nitrogens with zero attached hydrogens (tertiary/aromatic N) is 1. The van der Waals surface area contributed by atoms with Crippen molar-refractivity contribution < 1.29 is 4.79 Å². The molecule has 4 rings (SSSR count). The first kappa shape index (κ1) is 19.6. The molecule has 2 fully saturated rings. The maximum absolute atomic E-state index is 12.6. The maximum Gasteiger partial charge on any atom is 0.238 e. The van der Waals surface area contributed by atoms with Gasteiger partial charge in [0.15, 0.2) is 0 Å². The first-order valence-electron chi connectivity index (χ1n) is 9.52. The highest BCUT2D eigenvalue weighted by Gasteiger charge is 2.41. The summed E-state index contributed by atoms with van der Waals surface area (Å²) in [5.41, 5.74) is 9.38. The summed E-state index contributed by atoms with van der Waals surface area (Å²) in [4.78, 5) is 15.1. The van der Waals surface area contributed by atoms with Gasteiger partial charge in [-0.05, 0) is 37.4 Å². The molecule has 0 aliphatic carbocycles. The van der Waals surface area contributed by atoms with E-state index in [1.54, 1.807) is 0 Å². The van der Waals surface area contributed by atoms with Crippen molar-refractivity contribution in [2.45, 2.75) is 44.4 Å². The van der Waals surface area contributed by atoms with Crippen molar-refractivity contribution in [3.05, 3.63) is 35.4 Å². The fourth-order valence-corrected chi connectivity index (χ4v) is 4.36. The third-order valence-corrected chi connectivity index (χ3v) is 6.02. The second-order valence-electron chi connectivity index (χ2n) is 7.61. The lowest BCUT2D eigenvalue weighted by molar-refractivity contribution is -0.124. The van der Waals surface area contributed by atoms with Crippen LogP contribution in [0.25, 0.3) is 0 Å². The molecule has 4 atom stereocenters. The first-order valence-corrected chi connectivity index (χ1v) is 9.52. The minimum absolute atomic E-state index is 0. The lowest BCUT2D eigenvalue weighted by atomic mass is 9.89. The van der Waals surface area contributed by atoms with Crippen LogP contribution in [0.1, 0.15) is 24.5 Å². The smallest absolute Gasteiger partial charge is 0.238 e. The molecule has 0 aromatic heterocycles. The van der Waals surface area contributed by atoms with Gasteiger partial charge < -0.3 is 10.6 Å². The van der Waals surface area contributed by atoms with E-state index < -0.39 is 0 Å². The number of carbonyl (C=O) groups excluding carboxylic acids is 1. The molecule has 3 aliphatic heterocycles. The zero-order valence-electron chi connectivity index (χ0n) is 15.3. The Hall–Kier alpha value is -1.18. The molecule has 6 nitrogen and oxygen atoms in total. The van der Waals surface area contributed by atoms with Crippen molar-refractivity contribution in [2.24, 2.45) is 5.92 Å². The summed E-state index contributed by atoms with van der Waals surface area (Å²) in [7, 11) is 0. The van der Waals surface area contributed by atoms with E-state index in [0.29, 0.717) is 24.5 Å². The molecular weight excluding hydrogens is 350 g/mol. The van der Waals surface area contributed by atoms with E-state index in [1.165, 1.54) is 11.1 Å². The number of hydrogen-bond acceptors (Lipinski definition) is 5. The van der Waals surface area contributed by atoms with Gasteiger partial charge in [-0.15, -0.1) is 12.4 Å². The average Bonchev–Trinajstić information content (AvgIpc) is 3.09. The molecule has 3 aliphatic rings. The van der Waals surface area contributed by atoms with E-state index >= 15 is 0 Å². The van der Waals surface area contributed by atoms with Gasteiger partial charge in [0.1, 0.15) is 6.04 Å². The second kappa shape index (κ2) is 8.67. The zero-order valence-corrected chi connectivity index (χ0v) is 16.1. The largest absolute Gasteiger partial charge is 0.353 e. The Morgan fingerprint density at radius 3 is 2.96 bits per heavy atom. The molecule has 1 amide bonds. The van der Waals surface area contributed by atoms with Crippen molar-refractivity contribution >= 4 is 18.3 Å². The van der Waals surface area contributed by atoms with Gasteiger partial charge in [-0.25, -0.2) is 5.43 Å². The summed E-state index contributed by atoms with van der Waals surface area (Å²) in [6, 6.07) is 9.30. The highest BCUT2D eigenvalue weighted by molar-refractivity contribution is 5.85. The van der Waals surface area contributed by atoms with E-state index in [0.717, 1.165) is 39.0 Å². The predicted octanol–water partition coefficient (Wildman–Crippen LogP) is 0.426. The van der Waals surface area contributed by atoms with Crippen molar-refractivity contribution in [2.75, 3.05) is 26.2 Å². The summed E-state index contributed by atoms with van der Waals surface area (Å²) >= 11 is 0. The van der Waals surface area contributed by atoms with Gasteiger partial charge in [0.05, 0.1) is 0 Å². The number of fused-ring (bicyclic) bond motifs is 2. The SMILES string of the molecule is CC(CNC(=O)C1NNC2CCNCC21)N1CCc2ccccc2C1.Cl. The summed E-state index contributed by atoms with van der Waals surface area (Å²) in [6.07, 6.45) is 2.17. The number of amides is 1. The Labute approximate surface area is 161 Å². The van der Waals surface area contributed by atoms with Gasteiger partial charge in [-0.3, -0.25) is 15.1 Å². The summed E-state index contributed by atoms with van der Waals surface area (Å²) in [6.45, 7) is 6.87.